The highest BCUT2D eigenvalue weighted by Crippen LogP contribution is 2.27. The summed E-state index contributed by atoms with van der Waals surface area (Å²) in [5, 5.41) is 14.1. The summed E-state index contributed by atoms with van der Waals surface area (Å²) < 4.78 is 28.1. The fourth-order valence-corrected chi connectivity index (χ4v) is 5.41. The number of nitro benzene ring substituents is 1. The first-order chi connectivity index (χ1) is 17.8. The summed E-state index contributed by atoms with van der Waals surface area (Å²) >= 11 is 0. The van der Waals surface area contributed by atoms with E-state index in [0.29, 0.717) is 0 Å². The van der Waals surface area contributed by atoms with Gasteiger partial charge in [-0.05, 0) is 42.3 Å². The molecule has 188 valence electrons. The van der Waals surface area contributed by atoms with E-state index in [2.05, 4.69) is 5.32 Å². The molecule has 37 heavy (non-hydrogen) atoms. The minimum Gasteiger partial charge on any atom is -0.344 e. The molecule has 1 N–H and O–H groups in total. The van der Waals surface area contributed by atoms with Crippen molar-refractivity contribution in [1.82, 2.24) is 5.32 Å². The van der Waals surface area contributed by atoms with Gasteiger partial charge >= 0.3 is 0 Å². The summed E-state index contributed by atoms with van der Waals surface area (Å²) in [7, 11) is -4.15. The fourth-order valence-electron chi connectivity index (χ4n) is 3.97. The summed E-state index contributed by atoms with van der Waals surface area (Å²) in [5.41, 5.74) is 2.67. The zero-order valence-electron chi connectivity index (χ0n) is 20.0. The molecule has 0 aromatic heterocycles. The summed E-state index contributed by atoms with van der Waals surface area (Å²) in [6.07, 6.45) is 0. The minimum atomic E-state index is -4.15. The zero-order chi connectivity index (χ0) is 26.4. The number of nitro groups is 1. The maximum absolute atomic E-state index is 13.6. The number of amides is 1. The van der Waals surface area contributed by atoms with Gasteiger partial charge in [-0.1, -0.05) is 78.4 Å². The van der Waals surface area contributed by atoms with Crippen LogP contribution in [0.1, 0.15) is 22.7 Å². The van der Waals surface area contributed by atoms with E-state index in [9.17, 15) is 23.3 Å². The number of hydrogen-bond acceptors (Lipinski definition) is 5. The Bertz CT molecular complexity index is 1490. The van der Waals surface area contributed by atoms with E-state index < -0.39 is 33.4 Å². The lowest BCUT2D eigenvalue weighted by molar-refractivity contribution is -0.384. The first-order valence-electron chi connectivity index (χ1n) is 11.5. The van der Waals surface area contributed by atoms with Gasteiger partial charge in [0.2, 0.25) is 5.91 Å². The van der Waals surface area contributed by atoms with E-state index in [1.54, 1.807) is 18.2 Å². The van der Waals surface area contributed by atoms with Crippen molar-refractivity contribution in [2.24, 2.45) is 0 Å². The summed E-state index contributed by atoms with van der Waals surface area (Å²) in [5.74, 6) is -0.534. The van der Waals surface area contributed by atoms with Crippen LogP contribution in [0.3, 0.4) is 0 Å². The van der Waals surface area contributed by atoms with Crippen LogP contribution in [0.25, 0.3) is 0 Å². The normalized spacial score (nSPS) is 11.9. The lowest BCUT2D eigenvalue weighted by atomic mass is 9.97. The Labute approximate surface area is 215 Å². The molecule has 0 aliphatic carbocycles. The molecular weight excluding hydrogens is 490 g/mol. The third-order valence-corrected chi connectivity index (χ3v) is 7.57. The summed E-state index contributed by atoms with van der Waals surface area (Å²) in [6.45, 7) is 1.43. The monoisotopic (exact) mass is 515 g/mol. The number of rotatable bonds is 9. The molecule has 4 aromatic rings. The van der Waals surface area contributed by atoms with Gasteiger partial charge in [-0.3, -0.25) is 19.2 Å². The molecule has 1 atom stereocenters. The molecule has 0 heterocycles. The number of nitrogens with zero attached hydrogens (tertiary/aromatic N) is 2. The highest BCUT2D eigenvalue weighted by Gasteiger charge is 2.29. The number of carbonyl (C=O) groups is 1. The van der Waals surface area contributed by atoms with Gasteiger partial charge in [0, 0.05) is 12.1 Å². The average molecular weight is 516 g/mol. The molecule has 9 heteroatoms. The highest BCUT2D eigenvalue weighted by atomic mass is 32.2. The van der Waals surface area contributed by atoms with Crippen LogP contribution >= 0.6 is 0 Å². The lowest BCUT2D eigenvalue weighted by Gasteiger charge is -2.26. The molecule has 4 rings (SSSR count). The molecule has 0 fully saturated rings. The zero-order valence-corrected chi connectivity index (χ0v) is 20.8. The van der Waals surface area contributed by atoms with Crippen LogP contribution in [0.2, 0.25) is 0 Å². The predicted octanol–water partition coefficient (Wildman–Crippen LogP) is 5.00. The predicted molar refractivity (Wildman–Crippen MR) is 142 cm³/mol. The number of non-ortho nitro benzene ring substituents is 1. The van der Waals surface area contributed by atoms with E-state index in [1.807, 2.05) is 61.5 Å². The Morgan fingerprint density at radius 3 is 2.05 bits per heavy atom. The first kappa shape index (κ1) is 25.6. The summed E-state index contributed by atoms with van der Waals surface area (Å²) in [6, 6.07) is 29.4. The Morgan fingerprint density at radius 2 is 1.46 bits per heavy atom. The van der Waals surface area contributed by atoms with Gasteiger partial charge in [0.15, 0.2) is 0 Å². The van der Waals surface area contributed by atoms with Crippen LogP contribution < -0.4 is 9.62 Å². The van der Waals surface area contributed by atoms with Crippen LogP contribution in [0.15, 0.2) is 114 Å². The molecule has 0 bridgehead atoms. The van der Waals surface area contributed by atoms with Crippen LogP contribution in [0, 0.1) is 17.0 Å². The quantitative estimate of drug-likeness (QED) is 0.249. The van der Waals surface area contributed by atoms with Crippen molar-refractivity contribution < 1.29 is 18.1 Å². The Balaban J connectivity index is 1.69. The van der Waals surface area contributed by atoms with Crippen LogP contribution in [-0.4, -0.2) is 25.8 Å². The summed E-state index contributed by atoms with van der Waals surface area (Å²) in [4.78, 5) is 23.9. The van der Waals surface area contributed by atoms with Crippen molar-refractivity contribution >= 4 is 27.3 Å². The maximum Gasteiger partial charge on any atom is 0.269 e. The van der Waals surface area contributed by atoms with Crippen molar-refractivity contribution in [3.63, 3.8) is 0 Å². The van der Waals surface area contributed by atoms with Crippen molar-refractivity contribution in [2.75, 3.05) is 10.8 Å². The van der Waals surface area contributed by atoms with Crippen molar-refractivity contribution in [1.29, 1.82) is 0 Å². The standard InChI is InChI=1S/C28H25N3O5S/c1-21-9-8-12-23(19-21)28(22-10-4-2-5-11-22)29-27(32)20-30(24-15-17-25(18-16-24)31(33)34)37(35,36)26-13-6-3-7-14-26/h2-19,28H,20H2,1H3,(H,29,32). The van der Waals surface area contributed by atoms with Gasteiger partial charge in [-0.2, -0.15) is 0 Å². The maximum atomic E-state index is 13.6. The van der Waals surface area contributed by atoms with E-state index in [4.69, 9.17) is 0 Å². The Morgan fingerprint density at radius 1 is 0.865 bits per heavy atom. The third-order valence-electron chi connectivity index (χ3n) is 5.78. The molecule has 0 spiro atoms. The van der Waals surface area contributed by atoms with Crippen LogP contribution in [0.5, 0.6) is 0 Å². The number of benzene rings is 4. The second-order valence-electron chi connectivity index (χ2n) is 8.42. The number of aryl methyl sites for hydroxylation is 1. The molecule has 8 nitrogen and oxygen atoms in total. The van der Waals surface area contributed by atoms with Crippen molar-refractivity contribution in [3.8, 4) is 0 Å². The smallest absolute Gasteiger partial charge is 0.269 e. The number of nitrogens with one attached hydrogen (secondary N) is 1. The topological polar surface area (TPSA) is 110 Å². The average Bonchev–Trinajstić information content (AvgIpc) is 2.91. The molecule has 0 radical (unpaired) electrons. The Kier molecular flexibility index (Phi) is 7.64. The van der Waals surface area contributed by atoms with Gasteiger partial charge in [-0.25, -0.2) is 8.42 Å². The largest absolute Gasteiger partial charge is 0.344 e. The van der Waals surface area contributed by atoms with Crippen LogP contribution in [0.4, 0.5) is 11.4 Å². The fraction of sp³-hybridized carbons (Fsp3) is 0.107. The van der Waals surface area contributed by atoms with Crippen molar-refractivity contribution in [3.05, 3.63) is 136 Å². The van der Waals surface area contributed by atoms with Gasteiger partial charge in [0.25, 0.3) is 15.7 Å². The van der Waals surface area contributed by atoms with Crippen LogP contribution in [-0.2, 0) is 14.8 Å². The number of sulfonamides is 1. The molecule has 0 saturated heterocycles. The number of carbonyl (C=O) groups excluding carboxylic acids is 1. The second-order valence-corrected chi connectivity index (χ2v) is 10.3. The van der Waals surface area contributed by atoms with Gasteiger partial charge < -0.3 is 5.32 Å². The molecular formula is C28H25N3O5S. The second kappa shape index (κ2) is 11.0. The SMILES string of the molecule is Cc1cccc(C(NC(=O)CN(c2ccc([N+](=O)[O-])cc2)S(=O)(=O)c2ccccc2)c2ccccc2)c1. The highest BCUT2D eigenvalue weighted by molar-refractivity contribution is 7.92. The lowest BCUT2D eigenvalue weighted by Crippen LogP contribution is -2.42. The van der Waals surface area contributed by atoms with Gasteiger partial charge in [0.05, 0.1) is 21.5 Å². The molecule has 0 aliphatic heterocycles. The molecule has 4 aromatic carbocycles. The van der Waals surface area contributed by atoms with E-state index in [0.717, 1.165) is 21.0 Å². The molecule has 1 amide bonds. The molecule has 1 unspecified atom stereocenters. The van der Waals surface area contributed by atoms with Gasteiger partial charge in [-0.15, -0.1) is 0 Å². The van der Waals surface area contributed by atoms with Crippen molar-refractivity contribution in [2.45, 2.75) is 17.9 Å². The molecule has 0 saturated carbocycles. The Hall–Kier alpha value is -4.50. The van der Waals surface area contributed by atoms with E-state index in [1.165, 1.54) is 36.4 Å². The van der Waals surface area contributed by atoms with Gasteiger partial charge in [0.1, 0.15) is 6.54 Å². The van der Waals surface area contributed by atoms with E-state index >= 15 is 0 Å². The third kappa shape index (κ3) is 6.02. The minimum absolute atomic E-state index is 0.000513. The van der Waals surface area contributed by atoms with E-state index in [-0.39, 0.29) is 16.3 Å². The molecule has 0 aliphatic rings. The number of hydrogen-bond donors (Lipinski definition) is 1. The first-order valence-corrected chi connectivity index (χ1v) is 12.9. The number of anilines is 1.